The van der Waals surface area contributed by atoms with Crippen molar-refractivity contribution in [1.29, 1.82) is 5.26 Å². The van der Waals surface area contributed by atoms with Gasteiger partial charge in [-0.1, -0.05) is 57.2 Å². The number of carbonyl (C=O) groups is 5. The first-order valence-electron chi connectivity index (χ1n) is 23.1. The van der Waals surface area contributed by atoms with Gasteiger partial charge in [0.05, 0.1) is 36.2 Å². The van der Waals surface area contributed by atoms with Gasteiger partial charge in [-0.05, 0) is 93.1 Å². The van der Waals surface area contributed by atoms with E-state index in [1.165, 1.54) is 14.0 Å². The van der Waals surface area contributed by atoms with Crippen LogP contribution in [0.1, 0.15) is 85.0 Å². The number of nitrogens with one attached hydrogen (secondary N) is 5. The van der Waals surface area contributed by atoms with Crippen molar-refractivity contribution in [1.82, 2.24) is 40.9 Å². The maximum atomic E-state index is 14.9. The summed E-state index contributed by atoms with van der Waals surface area (Å²) in [5, 5.41) is 25.0. The largest absolute Gasteiger partial charge is 0.493 e. The second kappa shape index (κ2) is 24.2. The number of nitrogens with zero attached hydrogens (tertiary/aromatic N) is 4. The molecule has 0 fully saturated rings. The van der Waals surface area contributed by atoms with Crippen molar-refractivity contribution in [2.45, 2.75) is 90.4 Å². The van der Waals surface area contributed by atoms with E-state index in [0.717, 1.165) is 10.5 Å². The number of ether oxygens (including phenoxy) is 2. The third-order valence-electron chi connectivity index (χ3n) is 11.6. The number of aromatic nitrogens is 2. The topological polar surface area (TPSA) is 329 Å². The van der Waals surface area contributed by atoms with Crippen molar-refractivity contribution in [3.05, 3.63) is 94.3 Å². The van der Waals surface area contributed by atoms with Gasteiger partial charge in [0, 0.05) is 36.7 Å². The van der Waals surface area contributed by atoms with Crippen LogP contribution in [0.3, 0.4) is 0 Å². The SMILES string of the molecule is Cc1nc(-c2ccc(C(C)(C)C)cc2)nc(C)c1C(=O)NC(CNS(N)(=O)=O)C(=O)N(C)[C@@H]1C(=O)N[C@@H](C)C(=O)N[C@H](C(=O)NCC#N)Cc2ccc(OCCCN)c(c2)-c2cc1ccc2OCCCN. The van der Waals surface area contributed by atoms with Gasteiger partial charge in [0.1, 0.15) is 42.2 Å². The van der Waals surface area contributed by atoms with Crippen molar-refractivity contribution in [2.24, 2.45) is 16.6 Å². The molecule has 4 bridgehead atoms. The summed E-state index contributed by atoms with van der Waals surface area (Å²) in [4.78, 5) is 81.3. The number of hydrogen-bond donors (Lipinski definition) is 8. The lowest BCUT2D eigenvalue weighted by Crippen LogP contribution is -2.57. The zero-order valence-electron chi connectivity index (χ0n) is 41.1. The Morgan fingerprint density at radius 1 is 0.901 bits per heavy atom. The van der Waals surface area contributed by atoms with Crippen LogP contribution in [0.4, 0.5) is 0 Å². The maximum absolute atomic E-state index is 14.9. The van der Waals surface area contributed by atoms with Gasteiger partial charge >= 0.3 is 0 Å². The number of likely N-dealkylation sites (N-methyl/N-ethyl adjacent to an activating group) is 1. The average molecular weight is 997 g/mol. The van der Waals surface area contributed by atoms with Crippen LogP contribution in [0, 0.1) is 25.2 Å². The predicted molar refractivity (Wildman–Crippen MR) is 266 cm³/mol. The highest BCUT2D eigenvalue weighted by Gasteiger charge is 2.37. The van der Waals surface area contributed by atoms with Crippen LogP contribution >= 0.6 is 0 Å². The fourth-order valence-electron chi connectivity index (χ4n) is 7.82. The minimum absolute atomic E-state index is 0.0212. The number of benzene rings is 3. The molecule has 0 saturated carbocycles. The first kappa shape index (κ1) is 54.9. The van der Waals surface area contributed by atoms with E-state index in [1.54, 1.807) is 50.2 Å². The number of nitrogens with two attached hydrogens (primary N) is 3. The van der Waals surface area contributed by atoms with Gasteiger partial charge in [0.2, 0.25) is 23.6 Å². The molecule has 0 spiro atoms. The number of hydrogen-bond acceptors (Lipinski definition) is 14. The second-order valence-electron chi connectivity index (χ2n) is 18.1. The predicted octanol–water partition coefficient (Wildman–Crippen LogP) is 1.46. The minimum atomic E-state index is -4.44. The molecule has 380 valence electrons. The summed E-state index contributed by atoms with van der Waals surface area (Å²) in [6.07, 6.45) is 0.952. The summed E-state index contributed by atoms with van der Waals surface area (Å²) in [6.45, 7) is 10.9. The molecule has 11 N–H and O–H groups in total. The lowest BCUT2D eigenvalue weighted by Gasteiger charge is -2.32. The Balaban J connectivity index is 1.62. The standard InChI is InChI=1S/C49H64N12O9S/c1-28-41(29(2)57-43(56-28)32-11-14-34(15-12-32)49(4,5)6)46(64)60-38(27-55-71(53,67)68)48(66)61(7)42-33-13-17-40(70-23-9-19-51)36(26-33)35-24-31(10-16-39(35)69-22-8-18-50)25-37(45(63)54-21-20-52)59-44(62)30(3)58-47(42)65/h10-17,24,26,30,37-38,42,55H,8-9,18-19,21-23,25,27,50-51H2,1-7H3,(H,54,63)(H,58,65)(H,59,62)(H,60,64)(H2,53,67,68)/t30-,37-,38?,42-/m0/s1. The Morgan fingerprint density at radius 3 is 2.06 bits per heavy atom. The Kier molecular flexibility index (Phi) is 18.7. The Morgan fingerprint density at radius 2 is 1.49 bits per heavy atom. The summed E-state index contributed by atoms with van der Waals surface area (Å²) < 4.78 is 39.2. The fourth-order valence-corrected chi connectivity index (χ4v) is 8.22. The van der Waals surface area contributed by atoms with E-state index in [2.05, 4.69) is 56.7 Å². The molecule has 71 heavy (non-hydrogen) atoms. The van der Waals surface area contributed by atoms with Crippen molar-refractivity contribution in [2.75, 3.05) is 46.4 Å². The molecule has 1 aromatic heterocycles. The van der Waals surface area contributed by atoms with Gasteiger partial charge in [-0.2, -0.15) is 18.4 Å². The summed E-state index contributed by atoms with van der Waals surface area (Å²) in [5.41, 5.74) is 15.5. The number of amides is 5. The van der Waals surface area contributed by atoms with Crippen LogP contribution in [-0.2, 0) is 41.2 Å². The van der Waals surface area contributed by atoms with Gasteiger partial charge in [-0.15, -0.1) is 0 Å². The molecule has 4 aromatic rings. The molecule has 0 aliphatic carbocycles. The summed E-state index contributed by atoms with van der Waals surface area (Å²) in [7, 11) is -3.17. The van der Waals surface area contributed by atoms with Crippen LogP contribution in [0.2, 0.25) is 0 Å². The Hall–Kier alpha value is -7.03. The molecule has 5 amide bonds. The second-order valence-corrected chi connectivity index (χ2v) is 19.5. The summed E-state index contributed by atoms with van der Waals surface area (Å²) in [6, 6.07) is 13.7. The molecular weight excluding hydrogens is 933 g/mol. The van der Waals surface area contributed by atoms with Crippen molar-refractivity contribution in [3.63, 3.8) is 0 Å². The lowest BCUT2D eigenvalue weighted by molar-refractivity contribution is -0.141. The van der Waals surface area contributed by atoms with Crippen molar-refractivity contribution < 1.29 is 41.9 Å². The molecular formula is C49H64N12O9S. The van der Waals surface area contributed by atoms with Gasteiger partial charge in [0.25, 0.3) is 16.1 Å². The zero-order chi connectivity index (χ0) is 52.2. The third kappa shape index (κ3) is 14.5. The molecule has 0 radical (unpaired) electrons. The van der Waals surface area contributed by atoms with E-state index in [-0.39, 0.29) is 54.1 Å². The third-order valence-corrected chi connectivity index (χ3v) is 12.2. The molecule has 22 heteroatoms. The molecule has 2 heterocycles. The van der Waals surface area contributed by atoms with Crippen LogP contribution in [0.15, 0.2) is 60.7 Å². The lowest BCUT2D eigenvalue weighted by atomic mass is 9.86. The highest BCUT2D eigenvalue weighted by molar-refractivity contribution is 7.87. The quantitative estimate of drug-likeness (QED) is 0.0517. The molecule has 3 aromatic carbocycles. The monoisotopic (exact) mass is 996 g/mol. The van der Waals surface area contributed by atoms with E-state index in [4.69, 9.17) is 26.1 Å². The van der Waals surface area contributed by atoms with Crippen molar-refractivity contribution in [3.8, 4) is 40.1 Å². The van der Waals surface area contributed by atoms with Crippen molar-refractivity contribution >= 4 is 39.7 Å². The van der Waals surface area contributed by atoms with E-state index in [9.17, 15) is 37.7 Å². The van der Waals surface area contributed by atoms with Crippen LogP contribution < -0.4 is 52.1 Å². The molecule has 1 unspecified atom stereocenters. The highest BCUT2D eigenvalue weighted by atomic mass is 32.2. The number of nitriles is 1. The number of fused-ring (bicyclic) bond motifs is 5. The molecule has 21 nitrogen and oxygen atoms in total. The van der Waals surface area contributed by atoms with Gasteiger partial charge in [0.15, 0.2) is 5.82 Å². The molecule has 1 aliphatic rings. The number of carbonyl (C=O) groups excluding carboxylic acids is 5. The first-order chi connectivity index (χ1) is 33.6. The van der Waals surface area contributed by atoms with Gasteiger partial charge in [-0.25, -0.2) is 15.1 Å². The maximum Gasteiger partial charge on any atom is 0.274 e. The number of rotatable bonds is 18. The molecule has 0 saturated heterocycles. The molecule has 1 aliphatic heterocycles. The Bertz CT molecular complexity index is 2740. The molecule has 4 atom stereocenters. The van der Waals surface area contributed by atoms with Crippen LogP contribution in [0.5, 0.6) is 11.5 Å². The van der Waals surface area contributed by atoms with E-state index in [0.29, 0.717) is 65.5 Å². The Labute approximate surface area is 414 Å². The highest BCUT2D eigenvalue weighted by Crippen LogP contribution is 2.40. The number of aryl methyl sites for hydroxylation is 2. The first-order valence-corrected chi connectivity index (χ1v) is 24.6. The smallest absolute Gasteiger partial charge is 0.274 e. The van der Waals surface area contributed by atoms with Crippen LogP contribution in [0.25, 0.3) is 22.5 Å². The van der Waals surface area contributed by atoms with Gasteiger partial charge in [-0.3, -0.25) is 24.0 Å². The van der Waals surface area contributed by atoms with Gasteiger partial charge < -0.3 is 47.1 Å². The summed E-state index contributed by atoms with van der Waals surface area (Å²) >= 11 is 0. The molecule has 5 rings (SSSR count). The van der Waals surface area contributed by atoms with E-state index < -0.39 is 70.5 Å². The minimum Gasteiger partial charge on any atom is -0.493 e. The van der Waals surface area contributed by atoms with Crippen LogP contribution in [-0.4, -0.2) is 117 Å². The normalized spacial score (nSPS) is 16.5. The van der Waals surface area contributed by atoms with E-state index >= 15 is 0 Å². The fraction of sp³-hybridized carbons (Fsp3) is 0.429. The average Bonchev–Trinajstić information content (AvgIpc) is 3.31. The van der Waals surface area contributed by atoms with E-state index in [1.807, 2.05) is 30.3 Å². The zero-order valence-corrected chi connectivity index (χ0v) is 41.9. The summed E-state index contributed by atoms with van der Waals surface area (Å²) in [5.74, 6) is -3.00.